The van der Waals surface area contributed by atoms with Gasteiger partial charge in [0, 0.05) is 18.7 Å². The molecular weight excluding hydrogens is 382 g/mol. The van der Waals surface area contributed by atoms with E-state index in [1.165, 1.54) is 27.9 Å². The third-order valence-electron chi connectivity index (χ3n) is 5.24. The zero-order valence-electron chi connectivity index (χ0n) is 15.7. The lowest BCUT2D eigenvalue weighted by atomic mass is 9.92. The molecule has 2 aromatic rings. The van der Waals surface area contributed by atoms with Crippen LogP contribution in [0, 0.1) is 0 Å². The largest absolute Gasteiger partial charge is 0.484 e. The summed E-state index contributed by atoms with van der Waals surface area (Å²) < 4.78 is 34.1. The van der Waals surface area contributed by atoms with Crippen molar-refractivity contribution in [1.82, 2.24) is 24.0 Å². The number of hydrogen-bond donors (Lipinski definition) is 0. The molecule has 0 saturated carbocycles. The van der Waals surface area contributed by atoms with E-state index in [4.69, 9.17) is 4.74 Å². The number of hydrogen-bond acceptors (Lipinski definition) is 6. The van der Waals surface area contributed by atoms with Gasteiger partial charge in [-0.25, -0.2) is 18.1 Å². The molecule has 1 saturated heterocycles. The number of likely N-dealkylation sites (tertiary alicyclic amines) is 1. The fourth-order valence-corrected chi connectivity index (χ4v) is 4.72. The van der Waals surface area contributed by atoms with E-state index in [2.05, 4.69) is 10.1 Å². The molecule has 3 heterocycles. The second-order valence-electron chi connectivity index (χ2n) is 7.44. The summed E-state index contributed by atoms with van der Waals surface area (Å²) in [5, 5.41) is 3.98. The number of ether oxygens (including phenoxy) is 1. The van der Waals surface area contributed by atoms with Crippen molar-refractivity contribution in [3.05, 3.63) is 42.5 Å². The summed E-state index contributed by atoms with van der Waals surface area (Å²) in [6, 6.07) is 7.48. The van der Waals surface area contributed by atoms with Crippen LogP contribution in [0.5, 0.6) is 5.75 Å². The van der Waals surface area contributed by atoms with Gasteiger partial charge in [0.1, 0.15) is 30.5 Å². The van der Waals surface area contributed by atoms with E-state index in [-0.39, 0.29) is 25.5 Å². The lowest BCUT2D eigenvalue weighted by Gasteiger charge is -2.43. The average molecular weight is 405 g/mol. The van der Waals surface area contributed by atoms with Gasteiger partial charge < -0.3 is 9.64 Å². The molecule has 1 amide bonds. The smallest absolute Gasteiger partial charge is 0.244 e. The second-order valence-corrected chi connectivity index (χ2v) is 9.42. The minimum absolute atomic E-state index is 0.0865. The maximum absolute atomic E-state index is 12.8. The molecule has 1 atom stereocenters. The Kier molecular flexibility index (Phi) is 4.84. The normalized spacial score (nSPS) is 23.1. The molecule has 0 N–H and O–H groups in total. The fraction of sp³-hybridized carbons (Fsp3) is 0.500. The number of fused-ring (bicyclic) bond motifs is 1. The monoisotopic (exact) mass is 405 g/mol. The highest BCUT2D eigenvalue weighted by Crippen LogP contribution is 2.35. The highest BCUT2D eigenvalue weighted by Gasteiger charge is 2.44. The minimum atomic E-state index is -3.42. The van der Waals surface area contributed by atoms with Crippen LogP contribution in [0.2, 0.25) is 0 Å². The number of carbonyl (C=O) groups is 1. The number of nitrogens with zero attached hydrogens (tertiary/aromatic N) is 5. The van der Waals surface area contributed by atoms with Crippen LogP contribution in [0.25, 0.3) is 0 Å². The van der Waals surface area contributed by atoms with E-state index in [9.17, 15) is 13.2 Å². The van der Waals surface area contributed by atoms with Crippen LogP contribution < -0.4 is 4.74 Å². The fourth-order valence-electron chi connectivity index (χ4n) is 3.88. The van der Waals surface area contributed by atoms with E-state index in [0.717, 1.165) is 12.0 Å². The average Bonchev–Trinajstić information content (AvgIpc) is 3.09. The lowest BCUT2D eigenvalue weighted by molar-refractivity contribution is -0.138. The molecule has 0 radical (unpaired) electrons. The second kappa shape index (κ2) is 7.17. The van der Waals surface area contributed by atoms with Gasteiger partial charge >= 0.3 is 0 Å². The Morgan fingerprint density at radius 2 is 2.11 bits per heavy atom. The molecule has 4 rings (SSSR count). The highest BCUT2D eigenvalue weighted by atomic mass is 32.2. The first-order chi connectivity index (χ1) is 13.3. The molecule has 1 aromatic heterocycles. The Bertz CT molecular complexity index is 962. The molecule has 1 fully saturated rings. The van der Waals surface area contributed by atoms with Crippen molar-refractivity contribution in [2.45, 2.75) is 31.5 Å². The van der Waals surface area contributed by atoms with Crippen molar-refractivity contribution in [3.8, 4) is 5.75 Å². The third-order valence-corrected chi connectivity index (χ3v) is 6.43. The summed E-state index contributed by atoms with van der Waals surface area (Å²) >= 11 is 0. The SMILES string of the molecule is CS(=O)(=O)N1Cc2ccccc2O[C@@]2(CCCN(C(=O)Cn3cncn3)C2)C1. The van der Waals surface area contributed by atoms with Gasteiger partial charge in [-0.2, -0.15) is 9.40 Å². The molecule has 2 aliphatic rings. The van der Waals surface area contributed by atoms with Crippen LogP contribution >= 0.6 is 0 Å². The Morgan fingerprint density at radius 3 is 2.86 bits per heavy atom. The number of para-hydroxylation sites is 1. The van der Waals surface area contributed by atoms with Crippen LogP contribution in [-0.2, 0) is 27.9 Å². The van der Waals surface area contributed by atoms with E-state index in [1.54, 1.807) is 4.90 Å². The summed E-state index contributed by atoms with van der Waals surface area (Å²) in [5.74, 6) is 0.593. The first-order valence-electron chi connectivity index (χ1n) is 9.17. The number of sulfonamides is 1. The molecule has 1 spiro atoms. The predicted octanol–water partition coefficient (Wildman–Crippen LogP) is 0.493. The molecule has 28 heavy (non-hydrogen) atoms. The number of carbonyl (C=O) groups excluding carboxylic acids is 1. The van der Waals surface area contributed by atoms with Gasteiger partial charge in [-0.3, -0.25) is 4.79 Å². The van der Waals surface area contributed by atoms with Gasteiger partial charge in [0.25, 0.3) is 0 Å². The number of benzene rings is 1. The summed E-state index contributed by atoms with van der Waals surface area (Å²) in [7, 11) is -3.42. The number of amides is 1. The molecule has 0 aliphatic carbocycles. The van der Waals surface area contributed by atoms with Gasteiger partial charge in [0.05, 0.1) is 19.3 Å². The zero-order valence-corrected chi connectivity index (χ0v) is 16.5. The Morgan fingerprint density at radius 1 is 1.29 bits per heavy atom. The molecule has 9 nitrogen and oxygen atoms in total. The van der Waals surface area contributed by atoms with Crippen LogP contribution in [0.4, 0.5) is 0 Å². The van der Waals surface area contributed by atoms with E-state index >= 15 is 0 Å². The molecule has 150 valence electrons. The van der Waals surface area contributed by atoms with E-state index < -0.39 is 15.6 Å². The van der Waals surface area contributed by atoms with Crippen molar-refractivity contribution in [1.29, 1.82) is 0 Å². The number of aromatic nitrogens is 3. The van der Waals surface area contributed by atoms with Crippen molar-refractivity contribution in [2.75, 3.05) is 25.9 Å². The van der Waals surface area contributed by atoms with Crippen molar-refractivity contribution < 1.29 is 17.9 Å². The number of piperidine rings is 1. The predicted molar refractivity (Wildman–Crippen MR) is 101 cm³/mol. The first kappa shape index (κ1) is 18.9. The summed E-state index contributed by atoms with van der Waals surface area (Å²) in [6.45, 7) is 1.53. The third kappa shape index (κ3) is 3.88. The summed E-state index contributed by atoms with van der Waals surface area (Å²) in [5.41, 5.74) is 0.0576. The van der Waals surface area contributed by atoms with Crippen LogP contribution in [0.15, 0.2) is 36.9 Å². The van der Waals surface area contributed by atoms with Gasteiger partial charge in [-0.05, 0) is 18.9 Å². The lowest BCUT2D eigenvalue weighted by Crippen LogP contribution is -2.58. The Hall–Kier alpha value is -2.46. The van der Waals surface area contributed by atoms with E-state index in [1.807, 2.05) is 24.3 Å². The van der Waals surface area contributed by atoms with Gasteiger partial charge in [0.2, 0.25) is 15.9 Å². The standard InChI is InChI=1S/C18H23N5O4S/c1-28(25,26)23-9-15-5-2-3-6-16(15)27-18(12-23)7-4-8-21(11-18)17(24)10-22-14-19-13-20-22/h2-3,5-6,13-14H,4,7-12H2,1H3/t18-/m1/s1. The topological polar surface area (TPSA) is 97.6 Å². The molecule has 2 aliphatic heterocycles. The highest BCUT2D eigenvalue weighted by molar-refractivity contribution is 7.88. The minimum Gasteiger partial charge on any atom is -0.484 e. The van der Waals surface area contributed by atoms with Gasteiger partial charge in [-0.1, -0.05) is 18.2 Å². The summed E-state index contributed by atoms with van der Waals surface area (Å²) in [4.78, 5) is 18.3. The van der Waals surface area contributed by atoms with Crippen LogP contribution in [-0.4, -0.2) is 69.8 Å². The van der Waals surface area contributed by atoms with E-state index in [0.29, 0.717) is 25.3 Å². The van der Waals surface area contributed by atoms with Gasteiger partial charge in [-0.15, -0.1) is 0 Å². The zero-order chi connectivity index (χ0) is 19.8. The van der Waals surface area contributed by atoms with Crippen LogP contribution in [0.1, 0.15) is 18.4 Å². The maximum Gasteiger partial charge on any atom is 0.244 e. The Labute approximate surface area is 164 Å². The molecule has 1 aromatic carbocycles. The molecule has 0 unspecified atom stereocenters. The summed E-state index contributed by atoms with van der Waals surface area (Å²) in [6.07, 6.45) is 5.52. The maximum atomic E-state index is 12.8. The van der Waals surface area contributed by atoms with Crippen LogP contribution in [0.3, 0.4) is 0 Å². The molecule has 10 heteroatoms. The van der Waals surface area contributed by atoms with Gasteiger partial charge in [0.15, 0.2) is 0 Å². The Balaban J connectivity index is 1.61. The first-order valence-corrected chi connectivity index (χ1v) is 11.0. The van der Waals surface area contributed by atoms with Crippen molar-refractivity contribution in [2.24, 2.45) is 0 Å². The quantitative estimate of drug-likeness (QED) is 0.737. The molecule has 0 bridgehead atoms. The van der Waals surface area contributed by atoms with Crippen molar-refractivity contribution in [3.63, 3.8) is 0 Å². The molecular formula is C18H23N5O4S. The van der Waals surface area contributed by atoms with Crippen molar-refractivity contribution >= 4 is 15.9 Å². The number of rotatable bonds is 3.